The molecule has 1 fully saturated rings. The molecule has 0 saturated carbocycles. The average Bonchev–Trinajstić information content (AvgIpc) is 3.10. The van der Waals surface area contributed by atoms with E-state index >= 15 is 4.39 Å². The van der Waals surface area contributed by atoms with E-state index < -0.39 is 48.6 Å². The minimum absolute atomic E-state index is 0.0798. The molecule has 4 nitrogen and oxygen atoms in total. The number of alkyl halides is 3. The summed E-state index contributed by atoms with van der Waals surface area (Å²) in [7, 11) is 0. The topological polar surface area (TPSA) is 56.5 Å². The van der Waals surface area contributed by atoms with Crippen LogP contribution in [-0.4, -0.2) is 43.3 Å². The molecular weight excluding hydrogens is 455 g/mol. The van der Waals surface area contributed by atoms with Crippen LogP contribution < -0.4 is 4.90 Å². The molecule has 3 aliphatic rings. The molecule has 2 aromatic carbocycles. The van der Waals surface area contributed by atoms with Crippen LogP contribution in [0.2, 0.25) is 0 Å². The van der Waals surface area contributed by atoms with Gasteiger partial charge in [-0.2, -0.15) is 5.26 Å². The fourth-order valence-corrected chi connectivity index (χ4v) is 5.70. The minimum Gasteiger partial charge on any atom is -0.385 e. The average molecular weight is 478 g/mol. The number of morpholine rings is 1. The molecule has 1 heterocycles. The molecular formula is C25H23F5N2O2. The van der Waals surface area contributed by atoms with E-state index in [2.05, 4.69) is 0 Å². The van der Waals surface area contributed by atoms with Gasteiger partial charge in [-0.15, -0.1) is 0 Å². The maximum atomic E-state index is 15.7. The van der Waals surface area contributed by atoms with Gasteiger partial charge in [0.2, 0.25) is 0 Å². The molecule has 180 valence electrons. The monoisotopic (exact) mass is 478 g/mol. The molecule has 0 unspecified atom stereocenters. The number of anilines is 1. The standard InChI is InChI=1S/C25H23F5N2O2/c1-11-10-34-3-2-32(11)24-19(28)6-14(16-8-20(29)25(33)22(16)24)15-7-18(27)23(30)17-5-13(26)4-12(9-31)21(15)17/h4-6,11,15,18,20,23,25,33H,2-3,7-8,10H2,1H3/t11-,15+,18-,20+,23+,25+/m0/s1. The zero-order chi connectivity index (χ0) is 24.3. The number of hydrogen-bond donors (Lipinski definition) is 1. The van der Waals surface area contributed by atoms with Crippen molar-refractivity contribution in [2.45, 2.75) is 56.3 Å². The van der Waals surface area contributed by atoms with Crippen LogP contribution in [0.5, 0.6) is 0 Å². The van der Waals surface area contributed by atoms with Gasteiger partial charge in [0.1, 0.15) is 30.1 Å². The van der Waals surface area contributed by atoms with Crippen molar-refractivity contribution < 1.29 is 31.8 Å². The van der Waals surface area contributed by atoms with Crippen molar-refractivity contribution in [2.75, 3.05) is 24.7 Å². The van der Waals surface area contributed by atoms with Crippen molar-refractivity contribution in [1.29, 1.82) is 5.26 Å². The Morgan fingerprint density at radius 1 is 1.09 bits per heavy atom. The number of nitrogens with zero attached hydrogens (tertiary/aromatic N) is 2. The second-order valence-electron chi connectivity index (χ2n) is 9.24. The predicted molar refractivity (Wildman–Crippen MR) is 114 cm³/mol. The smallest absolute Gasteiger partial charge is 0.157 e. The Balaban J connectivity index is 1.74. The quantitative estimate of drug-likeness (QED) is 0.626. The summed E-state index contributed by atoms with van der Waals surface area (Å²) in [5.74, 6) is -2.60. The van der Waals surface area contributed by atoms with E-state index in [1.54, 1.807) is 4.90 Å². The van der Waals surface area contributed by atoms with E-state index in [0.29, 0.717) is 25.3 Å². The third-order valence-corrected chi connectivity index (χ3v) is 7.23. The van der Waals surface area contributed by atoms with E-state index in [-0.39, 0.29) is 46.0 Å². The van der Waals surface area contributed by atoms with Crippen LogP contribution in [0.4, 0.5) is 27.6 Å². The lowest BCUT2D eigenvalue weighted by Gasteiger charge is -2.38. The van der Waals surface area contributed by atoms with Gasteiger partial charge in [-0.3, -0.25) is 0 Å². The number of aliphatic hydroxyl groups excluding tert-OH is 1. The van der Waals surface area contributed by atoms with Gasteiger partial charge in [-0.05, 0) is 53.8 Å². The van der Waals surface area contributed by atoms with E-state index in [0.717, 1.165) is 12.1 Å². The summed E-state index contributed by atoms with van der Waals surface area (Å²) in [5, 5.41) is 20.3. The van der Waals surface area contributed by atoms with Crippen molar-refractivity contribution >= 4 is 5.69 Å². The van der Waals surface area contributed by atoms with Gasteiger partial charge >= 0.3 is 0 Å². The number of fused-ring (bicyclic) bond motifs is 2. The predicted octanol–water partition coefficient (Wildman–Crippen LogP) is 4.87. The minimum atomic E-state index is -2.14. The van der Waals surface area contributed by atoms with Crippen molar-refractivity contribution in [1.82, 2.24) is 0 Å². The molecule has 1 saturated heterocycles. The summed E-state index contributed by atoms with van der Waals surface area (Å²) in [6.45, 7) is 2.84. The maximum Gasteiger partial charge on any atom is 0.157 e. The van der Waals surface area contributed by atoms with Crippen LogP contribution in [0.1, 0.15) is 64.9 Å². The van der Waals surface area contributed by atoms with Gasteiger partial charge in [0.25, 0.3) is 0 Å². The molecule has 0 amide bonds. The maximum absolute atomic E-state index is 15.7. The van der Waals surface area contributed by atoms with Gasteiger partial charge in [0, 0.05) is 30.5 Å². The van der Waals surface area contributed by atoms with Crippen LogP contribution in [-0.2, 0) is 11.2 Å². The zero-order valence-corrected chi connectivity index (χ0v) is 18.4. The summed E-state index contributed by atoms with van der Waals surface area (Å²) in [6.07, 6.45) is -8.09. The Hall–Kier alpha value is -2.70. The number of rotatable bonds is 2. The van der Waals surface area contributed by atoms with Gasteiger partial charge in [-0.1, -0.05) is 0 Å². The largest absolute Gasteiger partial charge is 0.385 e. The first-order valence-electron chi connectivity index (χ1n) is 11.3. The number of hydrogen-bond acceptors (Lipinski definition) is 4. The summed E-state index contributed by atoms with van der Waals surface area (Å²) in [4.78, 5) is 1.73. The molecule has 1 N–H and O–H groups in total. The summed E-state index contributed by atoms with van der Waals surface area (Å²) in [6, 6.07) is 4.57. The molecule has 0 spiro atoms. The van der Waals surface area contributed by atoms with Crippen LogP contribution in [0.25, 0.3) is 0 Å². The van der Waals surface area contributed by atoms with Crippen LogP contribution in [0, 0.1) is 23.0 Å². The SMILES string of the molecule is C[C@H]1COCCN1c1c(F)cc([C@H]2C[C@H](F)[C@H](F)c3cc(F)cc(C#N)c32)c2c1[C@H](O)[C@H](F)C2. The molecule has 5 rings (SSSR count). The van der Waals surface area contributed by atoms with Crippen LogP contribution in [0.3, 0.4) is 0 Å². The molecule has 2 aliphatic carbocycles. The van der Waals surface area contributed by atoms with Gasteiger partial charge in [0.15, 0.2) is 6.17 Å². The van der Waals surface area contributed by atoms with Crippen molar-refractivity contribution in [3.8, 4) is 6.07 Å². The third-order valence-electron chi connectivity index (χ3n) is 7.23. The fourth-order valence-electron chi connectivity index (χ4n) is 5.70. The van der Waals surface area contributed by atoms with E-state index in [1.165, 1.54) is 6.07 Å². The molecule has 0 radical (unpaired) electrons. The van der Waals surface area contributed by atoms with Gasteiger partial charge < -0.3 is 14.7 Å². The van der Waals surface area contributed by atoms with Gasteiger partial charge in [0.05, 0.1) is 30.5 Å². The lowest BCUT2D eigenvalue weighted by Crippen LogP contribution is -2.44. The second-order valence-corrected chi connectivity index (χ2v) is 9.24. The number of halogens is 5. The number of nitriles is 1. The zero-order valence-electron chi connectivity index (χ0n) is 18.4. The summed E-state index contributed by atoms with van der Waals surface area (Å²) < 4.78 is 79.5. The molecule has 2 aromatic rings. The highest BCUT2D eigenvalue weighted by atomic mass is 19.2. The highest BCUT2D eigenvalue weighted by Crippen LogP contribution is 2.51. The molecule has 0 aromatic heterocycles. The molecule has 34 heavy (non-hydrogen) atoms. The summed E-state index contributed by atoms with van der Waals surface area (Å²) in [5.41, 5.74) is 0.296. The lowest BCUT2D eigenvalue weighted by atomic mass is 9.73. The number of ether oxygens (including phenoxy) is 1. The van der Waals surface area contributed by atoms with Crippen LogP contribution in [0.15, 0.2) is 18.2 Å². The van der Waals surface area contributed by atoms with Gasteiger partial charge in [-0.25, -0.2) is 22.0 Å². The molecule has 1 aliphatic heterocycles. The second kappa shape index (κ2) is 8.51. The Morgan fingerprint density at radius 2 is 1.85 bits per heavy atom. The highest BCUT2D eigenvalue weighted by molar-refractivity contribution is 5.66. The molecule has 6 atom stereocenters. The number of aliphatic hydroxyl groups is 1. The van der Waals surface area contributed by atoms with Crippen molar-refractivity contribution in [3.63, 3.8) is 0 Å². The summed E-state index contributed by atoms with van der Waals surface area (Å²) >= 11 is 0. The Morgan fingerprint density at radius 3 is 2.56 bits per heavy atom. The van der Waals surface area contributed by atoms with E-state index in [1.807, 2.05) is 13.0 Å². The highest BCUT2D eigenvalue weighted by Gasteiger charge is 2.44. The molecule has 0 bridgehead atoms. The fraction of sp³-hybridized carbons (Fsp3) is 0.480. The lowest BCUT2D eigenvalue weighted by molar-refractivity contribution is 0.0889. The first kappa shape index (κ1) is 23.1. The van der Waals surface area contributed by atoms with E-state index in [4.69, 9.17) is 4.74 Å². The molecule has 9 heteroatoms. The first-order valence-corrected chi connectivity index (χ1v) is 11.3. The van der Waals surface area contributed by atoms with Crippen LogP contribution >= 0.6 is 0 Å². The first-order chi connectivity index (χ1) is 16.2. The normalized spacial score (nSPS) is 30.6. The Kier molecular flexibility index (Phi) is 5.77. The number of benzene rings is 2. The van der Waals surface area contributed by atoms with Crippen molar-refractivity contribution in [3.05, 3.63) is 63.2 Å². The van der Waals surface area contributed by atoms with E-state index in [9.17, 15) is 27.9 Å². The Bertz CT molecular complexity index is 1180. The Labute approximate surface area is 193 Å². The van der Waals surface area contributed by atoms with Crippen molar-refractivity contribution in [2.24, 2.45) is 0 Å². The third kappa shape index (κ3) is 3.46.